The fourth-order valence-corrected chi connectivity index (χ4v) is 4.90. The molecule has 3 N–H and O–H groups in total. The van der Waals surface area contributed by atoms with Gasteiger partial charge in [0.15, 0.2) is 0 Å². The maximum atomic E-state index is 13.0. The normalized spacial score (nSPS) is 13.9. The highest BCUT2D eigenvalue weighted by atomic mass is 31.2. The summed E-state index contributed by atoms with van der Waals surface area (Å²) in [4.78, 5) is 35.0. The van der Waals surface area contributed by atoms with Crippen LogP contribution >= 0.6 is 7.37 Å². The molecule has 0 spiro atoms. The Labute approximate surface area is 202 Å². The van der Waals surface area contributed by atoms with Crippen LogP contribution in [0.3, 0.4) is 0 Å². The molecule has 2 aromatic rings. The van der Waals surface area contributed by atoms with Crippen LogP contribution in [-0.2, 0) is 26.7 Å². The van der Waals surface area contributed by atoms with Crippen LogP contribution in [0, 0.1) is 19.8 Å². The number of benzene rings is 2. The van der Waals surface area contributed by atoms with E-state index in [4.69, 9.17) is 4.74 Å². The lowest BCUT2D eigenvalue weighted by molar-refractivity contribution is -0.145. The molecule has 34 heavy (non-hydrogen) atoms. The monoisotopic (exact) mass is 489 g/mol. The predicted octanol–water partition coefficient (Wildman–Crippen LogP) is 4.71. The van der Waals surface area contributed by atoms with Gasteiger partial charge in [-0.1, -0.05) is 32.0 Å². The number of phenolic OH excluding ortho intramolecular Hbond substituents is 1. The molecule has 0 saturated carbocycles. The van der Waals surface area contributed by atoms with Gasteiger partial charge in [-0.25, -0.2) is 4.79 Å². The molecule has 8 heteroatoms. The van der Waals surface area contributed by atoms with Crippen LogP contribution in [0.15, 0.2) is 30.3 Å². The minimum atomic E-state index is -3.17. The molecule has 0 radical (unpaired) electrons. The van der Waals surface area contributed by atoms with Crippen LogP contribution in [0.2, 0.25) is 0 Å². The van der Waals surface area contributed by atoms with Crippen molar-refractivity contribution < 1.29 is 28.9 Å². The van der Waals surface area contributed by atoms with Crippen molar-refractivity contribution >= 4 is 19.2 Å². The summed E-state index contributed by atoms with van der Waals surface area (Å²) in [6.45, 7) is 11.1. The van der Waals surface area contributed by atoms with E-state index < -0.39 is 25.3 Å². The lowest BCUT2D eigenvalue weighted by Gasteiger charge is -2.19. The maximum Gasteiger partial charge on any atom is 0.328 e. The second-order valence-corrected chi connectivity index (χ2v) is 11.8. The van der Waals surface area contributed by atoms with Gasteiger partial charge in [-0.15, -0.1) is 0 Å². The smallest absolute Gasteiger partial charge is 0.328 e. The summed E-state index contributed by atoms with van der Waals surface area (Å²) in [5.41, 5.74) is 4.75. The summed E-state index contributed by atoms with van der Waals surface area (Å²) in [7, 11) is -3.17. The standard InChI is InChI=1S/C26H36NO6P/c1-7-33-26(30)23(10-16(2)3)27-25(29)22-14-19(8-9-24(22)28)13-21-17(4)11-20(12-18(21)5)15-34(6,31)32/h8-9,11-12,14,16,23,28H,7,10,13,15H2,1-6H3,(H,27,29)(H,31,32)/t23-/m1/s1. The van der Waals surface area contributed by atoms with E-state index in [1.807, 2.05) is 39.8 Å². The Morgan fingerprint density at radius 3 is 2.24 bits per heavy atom. The molecule has 1 amide bonds. The third kappa shape index (κ3) is 8.00. The second-order valence-electron chi connectivity index (χ2n) is 9.35. The summed E-state index contributed by atoms with van der Waals surface area (Å²) < 4.78 is 16.9. The Bertz CT molecular complexity index is 1070. The zero-order chi connectivity index (χ0) is 25.6. The molecule has 0 heterocycles. The van der Waals surface area contributed by atoms with Gasteiger partial charge in [0.2, 0.25) is 7.37 Å². The molecule has 0 aliphatic rings. The number of phenols is 1. The zero-order valence-electron chi connectivity index (χ0n) is 20.8. The SMILES string of the molecule is CCOC(=O)[C@@H](CC(C)C)NC(=O)c1cc(Cc2c(C)cc(CP(C)(=O)O)cc2C)ccc1O. The average Bonchev–Trinajstić information content (AvgIpc) is 2.70. The van der Waals surface area contributed by atoms with Gasteiger partial charge in [0.1, 0.15) is 11.8 Å². The van der Waals surface area contributed by atoms with Crippen molar-refractivity contribution in [2.45, 2.75) is 59.7 Å². The quantitative estimate of drug-likeness (QED) is 0.329. The number of amides is 1. The van der Waals surface area contributed by atoms with E-state index in [0.29, 0.717) is 12.8 Å². The molecule has 0 saturated heterocycles. The fraction of sp³-hybridized carbons (Fsp3) is 0.462. The largest absolute Gasteiger partial charge is 0.507 e. The number of carbonyl (C=O) groups is 2. The highest BCUT2D eigenvalue weighted by Crippen LogP contribution is 2.40. The predicted molar refractivity (Wildman–Crippen MR) is 134 cm³/mol. The van der Waals surface area contributed by atoms with Gasteiger partial charge in [0, 0.05) is 12.8 Å². The van der Waals surface area contributed by atoms with Crippen molar-refractivity contribution in [3.8, 4) is 5.75 Å². The van der Waals surface area contributed by atoms with Gasteiger partial charge in [0.05, 0.1) is 12.2 Å². The van der Waals surface area contributed by atoms with Gasteiger partial charge in [-0.3, -0.25) is 9.36 Å². The Morgan fingerprint density at radius 2 is 1.71 bits per heavy atom. The number of hydrogen-bond acceptors (Lipinski definition) is 5. The van der Waals surface area contributed by atoms with Crippen molar-refractivity contribution in [3.05, 3.63) is 63.7 Å². The van der Waals surface area contributed by atoms with Gasteiger partial charge in [-0.2, -0.15) is 0 Å². The van der Waals surface area contributed by atoms with Crippen LogP contribution < -0.4 is 5.32 Å². The van der Waals surface area contributed by atoms with Crippen molar-refractivity contribution in [1.82, 2.24) is 5.32 Å². The van der Waals surface area contributed by atoms with E-state index in [-0.39, 0.29) is 30.0 Å². The van der Waals surface area contributed by atoms with Crippen molar-refractivity contribution in [2.75, 3.05) is 13.3 Å². The lowest BCUT2D eigenvalue weighted by atomic mass is 9.93. The first-order chi connectivity index (χ1) is 15.8. The van der Waals surface area contributed by atoms with Crippen molar-refractivity contribution in [2.24, 2.45) is 5.92 Å². The molecule has 2 atom stereocenters. The summed E-state index contributed by atoms with van der Waals surface area (Å²) in [6, 6.07) is 7.89. The van der Waals surface area contributed by atoms with E-state index in [0.717, 1.165) is 27.8 Å². The van der Waals surface area contributed by atoms with E-state index in [1.54, 1.807) is 19.1 Å². The molecule has 0 bridgehead atoms. The molecular formula is C26H36NO6P. The molecule has 0 fully saturated rings. The van der Waals surface area contributed by atoms with Gasteiger partial charge >= 0.3 is 5.97 Å². The average molecular weight is 490 g/mol. The number of aryl methyl sites for hydroxylation is 2. The zero-order valence-corrected chi connectivity index (χ0v) is 21.7. The van der Waals surface area contributed by atoms with E-state index in [1.165, 1.54) is 12.7 Å². The second kappa shape index (κ2) is 11.7. The Hall–Kier alpha value is -2.63. The first-order valence-corrected chi connectivity index (χ1v) is 13.8. The van der Waals surface area contributed by atoms with E-state index >= 15 is 0 Å². The number of aromatic hydroxyl groups is 1. The van der Waals surface area contributed by atoms with Gasteiger partial charge in [-0.05, 0) is 79.5 Å². The van der Waals surface area contributed by atoms with Crippen LogP contribution in [0.1, 0.15) is 65.4 Å². The minimum Gasteiger partial charge on any atom is -0.507 e. The first kappa shape index (κ1) is 27.6. The van der Waals surface area contributed by atoms with Crippen LogP contribution in [0.4, 0.5) is 0 Å². The third-order valence-electron chi connectivity index (χ3n) is 5.50. The van der Waals surface area contributed by atoms with Gasteiger partial charge < -0.3 is 20.1 Å². The molecular weight excluding hydrogens is 453 g/mol. The molecule has 186 valence electrons. The topological polar surface area (TPSA) is 113 Å². The molecule has 0 aliphatic carbocycles. The van der Waals surface area contributed by atoms with Crippen LogP contribution in [-0.4, -0.2) is 41.2 Å². The Balaban J connectivity index is 2.28. The Morgan fingerprint density at radius 1 is 1.09 bits per heavy atom. The highest BCUT2D eigenvalue weighted by Gasteiger charge is 2.25. The van der Waals surface area contributed by atoms with Crippen LogP contribution in [0.25, 0.3) is 0 Å². The van der Waals surface area contributed by atoms with Crippen molar-refractivity contribution in [3.63, 3.8) is 0 Å². The minimum absolute atomic E-state index is 0.0923. The van der Waals surface area contributed by atoms with Crippen molar-refractivity contribution in [1.29, 1.82) is 0 Å². The van der Waals surface area contributed by atoms with E-state index in [9.17, 15) is 24.2 Å². The molecule has 1 unspecified atom stereocenters. The molecule has 0 aliphatic heterocycles. The number of esters is 1. The van der Waals surface area contributed by atoms with Crippen LogP contribution in [0.5, 0.6) is 5.75 Å². The number of carbonyl (C=O) groups excluding carboxylic acids is 2. The lowest BCUT2D eigenvalue weighted by Crippen LogP contribution is -2.42. The van der Waals surface area contributed by atoms with Gasteiger partial charge in [0.25, 0.3) is 5.91 Å². The molecule has 2 aromatic carbocycles. The number of ether oxygens (including phenoxy) is 1. The molecule has 0 aromatic heterocycles. The number of rotatable bonds is 10. The maximum absolute atomic E-state index is 13.0. The highest BCUT2D eigenvalue weighted by molar-refractivity contribution is 7.56. The fourth-order valence-electron chi connectivity index (χ4n) is 4.04. The summed E-state index contributed by atoms with van der Waals surface area (Å²) in [6.07, 6.45) is 1.07. The summed E-state index contributed by atoms with van der Waals surface area (Å²) in [5.74, 6) is -1.04. The molecule has 2 rings (SSSR count). The summed E-state index contributed by atoms with van der Waals surface area (Å²) in [5, 5.41) is 13.0. The first-order valence-electron chi connectivity index (χ1n) is 11.5. The van der Waals surface area contributed by atoms with E-state index in [2.05, 4.69) is 5.32 Å². The number of nitrogens with one attached hydrogen (secondary N) is 1. The third-order valence-corrected chi connectivity index (χ3v) is 6.45. The summed E-state index contributed by atoms with van der Waals surface area (Å²) >= 11 is 0. The number of hydrogen-bond donors (Lipinski definition) is 3. The molecule has 7 nitrogen and oxygen atoms in total. The Kier molecular flexibility index (Phi) is 9.48.